The third-order valence-electron chi connectivity index (χ3n) is 3.28. The highest BCUT2D eigenvalue weighted by atomic mass is 35.5. The van der Waals surface area contributed by atoms with E-state index in [1.165, 1.54) is 0 Å². The Hall–Kier alpha value is -1.98. The van der Waals surface area contributed by atoms with E-state index in [9.17, 15) is 4.79 Å². The molecule has 2 rings (SSSR count). The molecular weight excluding hydrogens is 368 g/mol. The van der Waals surface area contributed by atoms with Crippen LogP contribution in [0.25, 0.3) is 0 Å². The van der Waals surface area contributed by atoms with E-state index in [0.717, 1.165) is 16.2 Å². The molecular formula is C20H23ClN2O2S. The predicted octanol–water partition coefficient (Wildman–Crippen LogP) is 5.01. The Bertz CT molecular complexity index is 716. The quantitative estimate of drug-likeness (QED) is 0.372. The average Bonchev–Trinajstić information content (AvgIpc) is 2.63. The summed E-state index contributed by atoms with van der Waals surface area (Å²) in [6.45, 7) is 4.91. The summed E-state index contributed by atoms with van der Waals surface area (Å²) >= 11 is 7.45. The van der Waals surface area contributed by atoms with Gasteiger partial charge in [-0.15, -0.1) is 11.8 Å². The zero-order valence-electron chi connectivity index (χ0n) is 14.9. The van der Waals surface area contributed by atoms with Crippen LogP contribution in [-0.2, 0) is 4.79 Å². The number of rotatable bonds is 9. The van der Waals surface area contributed by atoms with Gasteiger partial charge in [-0.1, -0.05) is 25.4 Å². The molecule has 1 amide bonds. The molecule has 4 nitrogen and oxygen atoms in total. The predicted molar refractivity (Wildman–Crippen MR) is 109 cm³/mol. The van der Waals surface area contributed by atoms with Crippen LogP contribution < -0.4 is 10.2 Å². The fourth-order valence-electron chi connectivity index (χ4n) is 1.94. The minimum Gasteiger partial charge on any atom is -0.493 e. The Morgan fingerprint density at radius 1 is 1.19 bits per heavy atom. The zero-order valence-corrected chi connectivity index (χ0v) is 16.5. The molecule has 138 valence electrons. The first-order chi connectivity index (χ1) is 12.5. The third kappa shape index (κ3) is 7.93. The highest BCUT2D eigenvalue weighted by Gasteiger charge is 2.01. The average molecular weight is 391 g/mol. The highest BCUT2D eigenvalue weighted by Crippen LogP contribution is 2.20. The number of thioether (sulfide) groups is 1. The largest absolute Gasteiger partial charge is 0.493 e. The van der Waals surface area contributed by atoms with Gasteiger partial charge in [0.25, 0.3) is 0 Å². The molecule has 6 heteroatoms. The number of carbonyl (C=O) groups is 1. The van der Waals surface area contributed by atoms with Crippen molar-refractivity contribution in [1.29, 1.82) is 0 Å². The third-order valence-corrected chi connectivity index (χ3v) is 4.54. The normalized spacial score (nSPS) is 11.1. The van der Waals surface area contributed by atoms with Gasteiger partial charge in [-0.3, -0.25) is 4.79 Å². The number of benzene rings is 2. The number of halogens is 1. The molecule has 0 spiro atoms. The van der Waals surface area contributed by atoms with Gasteiger partial charge in [-0.25, -0.2) is 5.43 Å². The van der Waals surface area contributed by atoms with E-state index in [1.807, 2.05) is 48.5 Å². The summed E-state index contributed by atoms with van der Waals surface area (Å²) < 4.78 is 5.63. The lowest BCUT2D eigenvalue weighted by Gasteiger charge is -2.08. The Morgan fingerprint density at radius 2 is 1.88 bits per heavy atom. The molecule has 0 fully saturated rings. The van der Waals surface area contributed by atoms with E-state index in [0.29, 0.717) is 29.7 Å². The van der Waals surface area contributed by atoms with Gasteiger partial charge >= 0.3 is 0 Å². The lowest BCUT2D eigenvalue weighted by Crippen LogP contribution is -2.17. The lowest BCUT2D eigenvalue weighted by molar-refractivity contribution is -0.120. The number of hydrogen-bond acceptors (Lipinski definition) is 4. The topological polar surface area (TPSA) is 50.7 Å². The molecule has 26 heavy (non-hydrogen) atoms. The number of carbonyl (C=O) groups excluding carboxylic acids is 1. The molecule has 2 aromatic carbocycles. The molecule has 2 aromatic rings. The Balaban J connectivity index is 1.68. The van der Waals surface area contributed by atoms with E-state index < -0.39 is 0 Å². The summed E-state index contributed by atoms with van der Waals surface area (Å²) in [6.07, 6.45) is 2.02. The van der Waals surface area contributed by atoms with Crippen LogP contribution in [0.1, 0.15) is 25.8 Å². The second kappa shape index (κ2) is 10.9. The Labute approximate surface area is 164 Å². The van der Waals surface area contributed by atoms with Crippen LogP contribution in [0.4, 0.5) is 0 Å². The van der Waals surface area contributed by atoms with Gasteiger partial charge in [0.15, 0.2) is 0 Å². The minimum absolute atomic E-state index is 0.111. The maximum Gasteiger partial charge on any atom is 0.240 e. The molecule has 0 bridgehead atoms. The van der Waals surface area contributed by atoms with Gasteiger partial charge in [0.1, 0.15) is 5.75 Å². The van der Waals surface area contributed by atoms with E-state index >= 15 is 0 Å². The second-order valence-corrected chi connectivity index (χ2v) is 7.72. The van der Waals surface area contributed by atoms with Crippen LogP contribution >= 0.6 is 23.4 Å². The number of nitrogens with one attached hydrogen (secondary N) is 1. The number of amides is 1. The van der Waals surface area contributed by atoms with Crippen molar-refractivity contribution >= 4 is 35.5 Å². The summed E-state index contributed by atoms with van der Waals surface area (Å²) in [5.41, 5.74) is 3.45. The molecule has 0 atom stereocenters. The van der Waals surface area contributed by atoms with Crippen molar-refractivity contribution in [1.82, 2.24) is 5.43 Å². The minimum atomic E-state index is -0.111. The van der Waals surface area contributed by atoms with Gasteiger partial charge < -0.3 is 4.74 Å². The summed E-state index contributed by atoms with van der Waals surface area (Å²) in [5, 5.41) is 4.70. The summed E-state index contributed by atoms with van der Waals surface area (Å²) in [5.74, 6) is 1.90. The number of hydrogen-bond donors (Lipinski definition) is 1. The molecule has 0 aliphatic carbocycles. The molecule has 0 aliphatic heterocycles. The number of ether oxygens (including phenoxy) is 1. The molecule has 0 heterocycles. The monoisotopic (exact) mass is 390 g/mol. The summed E-state index contributed by atoms with van der Waals surface area (Å²) in [7, 11) is 0. The van der Waals surface area contributed by atoms with Crippen LogP contribution in [0, 0.1) is 5.92 Å². The number of nitrogens with zero attached hydrogens (tertiary/aromatic N) is 1. The smallest absolute Gasteiger partial charge is 0.240 e. The van der Waals surface area contributed by atoms with Crippen molar-refractivity contribution in [2.75, 3.05) is 12.4 Å². The Kier molecular flexibility index (Phi) is 8.51. The molecule has 0 saturated heterocycles. The van der Waals surface area contributed by atoms with Crippen molar-refractivity contribution in [2.24, 2.45) is 11.0 Å². The molecule has 0 aromatic heterocycles. The van der Waals surface area contributed by atoms with Crippen LogP contribution in [0.2, 0.25) is 5.02 Å². The molecule has 0 saturated carbocycles. The van der Waals surface area contributed by atoms with Crippen molar-refractivity contribution in [2.45, 2.75) is 25.2 Å². The SMILES string of the molecule is CC(C)COc1ccc(/C=N\NC(=O)CCSc2ccc(Cl)cc2)cc1. The van der Waals surface area contributed by atoms with E-state index in [2.05, 4.69) is 24.4 Å². The molecule has 0 radical (unpaired) electrons. The van der Waals surface area contributed by atoms with Crippen LogP contribution in [0.5, 0.6) is 5.75 Å². The maximum atomic E-state index is 11.8. The van der Waals surface area contributed by atoms with Crippen LogP contribution in [0.15, 0.2) is 58.5 Å². The zero-order chi connectivity index (χ0) is 18.8. The van der Waals surface area contributed by atoms with E-state index in [4.69, 9.17) is 16.3 Å². The maximum absolute atomic E-state index is 11.8. The van der Waals surface area contributed by atoms with Gasteiger partial charge in [0.2, 0.25) is 5.91 Å². The summed E-state index contributed by atoms with van der Waals surface area (Å²) in [4.78, 5) is 12.9. The number of hydrazone groups is 1. The molecule has 0 aliphatic rings. The fourth-order valence-corrected chi connectivity index (χ4v) is 2.92. The van der Waals surface area contributed by atoms with E-state index in [-0.39, 0.29) is 5.91 Å². The van der Waals surface area contributed by atoms with Gasteiger partial charge in [-0.2, -0.15) is 5.10 Å². The van der Waals surface area contributed by atoms with Gasteiger partial charge in [0.05, 0.1) is 12.8 Å². The van der Waals surface area contributed by atoms with Crippen molar-refractivity contribution in [3.8, 4) is 5.75 Å². The summed E-state index contributed by atoms with van der Waals surface area (Å²) in [6, 6.07) is 15.2. The van der Waals surface area contributed by atoms with Gasteiger partial charge in [0, 0.05) is 22.1 Å². The van der Waals surface area contributed by atoms with Crippen molar-refractivity contribution < 1.29 is 9.53 Å². The molecule has 0 unspecified atom stereocenters. The van der Waals surface area contributed by atoms with Crippen molar-refractivity contribution in [3.05, 3.63) is 59.1 Å². The lowest BCUT2D eigenvalue weighted by atomic mass is 10.2. The van der Waals surface area contributed by atoms with Gasteiger partial charge in [-0.05, 0) is 60.0 Å². The highest BCUT2D eigenvalue weighted by molar-refractivity contribution is 7.99. The molecule has 1 N–H and O–H groups in total. The first-order valence-corrected chi connectivity index (χ1v) is 9.82. The van der Waals surface area contributed by atoms with Crippen LogP contribution in [-0.4, -0.2) is 24.5 Å². The van der Waals surface area contributed by atoms with E-state index in [1.54, 1.807) is 18.0 Å². The first-order valence-electron chi connectivity index (χ1n) is 8.46. The van der Waals surface area contributed by atoms with Crippen LogP contribution in [0.3, 0.4) is 0 Å². The fraction of sp³-hybridized carbons (Fsp3) is 0.300. The first kappa shape index (κ1) is 20.3. The standard InChI is InChI=1S/C20H23ClN2O2S/c1-15(2)14-25-18-7-3-16(4-8-18)13-22-23-20(24)11-12-26-19-9-5-17(21)6-10-19/h3-10,13,15H,11-12,14H2,1-2H3,(H,23,24)/b22-13-. The second-order valence-electron chi connectivity index (χ2n) is 6.12. The Morgan fingerprint density at radius 3 is 2.54 bits per heavy atom. The van der Waals surface area contributed by atoms with Crippen molar-refractivity contribution in [3.63, 3.8) is 0 Å².